The molecule has 1 fully saturated rings. The molecule has 0 amide bonds. The van der Waals surface area contributed by atoms with E-state index in [0.717, 1.165) is 24.2 Å². The summed E-state index contributed by atoms with van der Waals surface area (Å²) in [5, 5.41) is 10.2. The molecule has 3 rings (SSSR count). The fraction of sp³-hybridized carbons (Fsp3) is 0.294. The van der Waals surface area contributed by atoms with Gasteiger partial charge in [-0.2, -0.15) is 0 Å². The molecule has 21 heavy (non-hydrogen) atoms. The molecule has 1 N–H and O–H groups in total. The maximum absolute atomic E-state index is 13.2. The molecule has 3 nitrogen and oxygen atoms in total. The Balaban J connectivity index is 2.01. The molecule has 0 radical (unpaired) electrons. The summed E-state index contributed by atoms with van der Waals surface area (Å²) in [7, 11) is 0. The second-order valence-electron chi connectivity index (χ2n) is 5.16. The quantitative estimate of drug-likeness (QED) is 0.942. The molecule has 2 aromatic rings. The average molecular weight is 287 g/mol. The number of phenols is 1. The second kappa shape index (κ2) is 6.24. The highest BCUT2D eigenvalue weighted by Gasteiger charge is 2.26. The fourth-order valence-electron chi connectivity index (χ4n) is 2.79. The number of hydrogen-bond acceptors (Lipinski definition) is 3. The van der Waals surface area contributed by atoms with Gasteiger partial charge in [-0.1, -0.05) is 30.3 Å². The summed E-state index contributed by atoms with van der Waals surface area (Å²) >= 11 is 0. The van der Waals surface area contributed by atoms with Crippen LogP contribution in [0.3, 0.4) is 0 Å². The van der Waals surface area contributed by atoms with Crippen LogP contribution in [0.2, 0.25) is 0 Å². The number of rotatable bonds is 3. The molecule has 1 aliphatic heterocycles. The lowest BCUT2D eigenvalue weighted by atomic mass is 9.96. The maximum Gasteiger partial charge on any atom is 0.123 e. The van der Waals surface area contributed by atoms with Crippen molar-refractivity contribution >= 4 is 0 Å². The van der Waals surface area contributed by atoms with Crippen LogP contribution in [0.4, 0.5) is 4.39 Å². The van der Waals surface area contributed by atoms with E-state index in [9.17, 15) is 9.50 Å². The van der Waals surface area contributed by atoms with Crippen molar-refractivity contribution in [2.24, 2.45) is 0 Å². The molecule has 0 bridgehead atoms. The van der Waals surface area contributed by atoms with Crippen molar-refractivity contribution < 1.29 is 14.2 Å². The van der Waals surface area contributed by atoms with Gasteiger partial charge in [-0.25, -0.2) is 4.39 Å². The molecule has 1 unspecified atom stereocenters. The van der Waals surface area contributed by atoms with Crippen molar-refractivity contribution in [1.82, 2.24) is 4.90 Å². The lowest BCUT2D eigenvalue weighted by molar-refractivity contribution is 0.0235. The number of hydrogen-bond donors (Lipinski definition) is 1. The number of para-hydroxylation sites is 1. The molecule has 1 atom stereocenters. The van der Waals surface area contributed by atoms with Gasteiger partial charge >= 0.3 is 0 Å². The minimum Gasteiger partial charge on any atom is -0.508 e. The number of nitrogens with zero attached hydrogens (tertiary/aromatic N) is 1. The first-order valence-corrected chi connectivity index (χ1v) is 7.11. The smallest absolute Gasteiger partial charge is 0.123 e. The molecule has 0 aliphatic carbocycles. The summed E-state index contributed by atoms with van der Waals surface area (Å²) in [6, 6.07) is 13.7. The summed E-state index contributed by atoms with van der Waals surface area (Å²) < 4.78 is 18.6. The monoisotopic (exact) mass is 287 g/mol. The van der Waals surface area contributed by atoms with Gasteiger partial charge in [0.1, 0.15) is 11.6 Å². The molecule has 0 aromatic heterocycles. The van der Waals surface area contributed by atoms with Gasteiger partial charge in [-0.15, -0.1) is 0 Å². The van der Waals surface area contributed by atoms with Gasteiger partial charge < -0.3 is 9.84 Å². The van der Waals surface area contributed by atoms with Gasteiger partial charge in [-0.05, 0) is 23.8 Å². The van der Waals surface area contributed by atoms with Crippen LogP contribution in [-0.4, -0.2) is 36.3 Å². The predicted molar refractivity (Wildman–Crippen MR) is 78.7 cm³/mol. The van der Waals surface area contributed by atoms with Gasteiger partial charge in [0.05, 0.1) is 19.3 Å². The van der Waals surface area contributed by atoms with E-state index in [2.05, 4.69) is 4.90 Å². The van der Waals surface area contributed by atoms with Crippen LogP contribution in [0.5, 0.6) is 5.75 Å². The molecule has 110 valence electrons. The highest BCUT2D eigenvalue weighted by atomic mass is 19.1. The first kappa shape index (κ1) is 14.0. The summed E-state index contributed by atoms with van der Waals surface area (Å²) in [6.07, 6.45) is 0. The Hall–Kier alpha value is -1.91. The molecular formula is C17H18FNO2. The molecule has 1 saturated heterocycles. The van der Waals surface area contributed by atoms with Gasteiger partial charge in [0.25, 0.3) is 0 Å². The van der Waals surface area contributed by atoms with E-state index in [1.165, 1.54) is 12.1 Å². The van der Waals surface area contributed by atoms with Crippen molar-refractivity contribution in [3.8, 4) is 5.75 Å². The lowest BCUT2D eigenvalue weighted by Crippen LogP contribution is -2.39. The summed E-state index contributed by atoms with van der Waals surface area (Å²) in [5.74, 6) is 0.00933. The highest BCUT2D eigenvalue weighted by Crippen LogP contribution is 2.34. The number of phenolic OH excluding ortho intramolecular Hbond substituents is 1. The van der Waals surface area contributed by atoms with Crippen molar-refractivity contribution in [3.63, 3.8) is 0 Å². The molecular weight excluding hydrogens is 269 g/mol. The highest BCUT2D eigenvalue weighted by molar-refractivity contribution is 5.40. The molecule has 0 spiro atoms. The van der Waals surface area contributed by atoms with E-state index < -0.39 is 0 Å². The SMILES string of the molecule is Oc1ccccc1C(c1ccc(F)cc1)N1CCOCC1. The van der Waals surface area contributed by atoms with Gasteiger partial charge in [-0.3, -0.25) is 4.90 Å². The second-order valence-corrected chi connectivity index (χ2v) is 5.16. The minimum absolute atomic E-state index is 0.0873. The first-order valence-electron chi connectivity index (χ1n) is 7.11. The van der Waals surface area contributed by atoms with Gasteiger partial charge in [0.2, 0.25) is 0 Å². The maximum atomic E-state index is 13.2. The number of benzene rings is 2. The molecule has 0 saturated carbocycles. The minimum atomic E-state index is -0.253. The van der Waals surface area contributed by atoms with Crippen LogP contribution < -0.4 is 0 Å². The zero-order valence-electron chi connectivity index (χ0n) is 11.7. The van der Waals surface area contributed by atoms with Crippen molar-refractivity contribution in [2.75, 3.05) is 26.3 Å². The Bertz CT molecular complexity index is 594. The van der Waals surface area contributed by atoms with Crippen LogP contribution in [0.1, 0.15) is 17.2 Å². The molecule has 2 aromatic carbocycles. The summed E-state index contributed by atoms with van der Waals surface area (Å²) in [5.41, 5.74) is 1.81. The Morgan fingerprint density at radius 2 is 1.67 bits per heavy atom. The van der Waals surface area contributed by atoms with E-state index in [0.29, 0.717) is 13.2 Å². The van der Waals surface area contributed by atoms with Crippen LogP contribution in [-0.2, 0) is 4.74 Å². The zero-order valence-corrected chi connectivity index (χ0v) is 11.7. The number of morpholine rings is 1. The van der Waals surface area contributed by atoms with E-state index >= 15 is 0 Å². The largest absolute Gasteiger partial charge is 0.508 e. The van der Waals surface area contributed by atoms with Crippen molar-refractivity contribution in [3.05, 3.63) is 65.5 Å². The van der Waals surface area contributed by atoms with Crippen LogP contribution >= 0.6 is 0 Å². The van der Waals surface area contributed by atoms with Crippen molar-refractivity contribution in [1.29, 1.82) is 0 Å². The Kier molecular flexibility index (Phi) is 4.18. The molecule has 4 heteroatoms. The topological polar surface area (TPSA) is 32.7 Å². The Labute approximate surface area is 123 Å². The van der Waals surface area contributed by atoms with E-state index in [-0.39, 0.29) is 17.6 Å². The van der Waals surface area contributed by atoms with Crippen LogP contribution in [0.15, 0.2) is 48.5 Å². The third-order valence-corrected chi connectivity index (χ3v) is 3.83. The zero-order chi connectivity index (χ0) is 14.7. The normalized spacial score (nSPS) is 17.6. The molecule has 1 heterocycles. The average Bonchev–Trinajstić information content (AvgIpc) is 2.52. The predicted octanol–water partition coefficient (Wildman–Crippen LogP) is 2.95. The fourth-order valence-corrected chi connectivity index (χ4v) is 2.79. The number of aromatic hydroxyl groups is 1. The van der Waals surface area contributed by atoms with Crippen molar-refractivity contribution in [2.45, 2.75) is 6.04 Å². The third kappa shape index (κ3) is 3.06. The molecule has 1 aliphatic rings. The van der Waals surface area contributed by atoms with E-state index in [4.69, 9.17) is 4.74 Å². The van der Waals surface area contributed by atoms with Gasteiger partial charge in [0, 0.05) is 18.7 Å². The van der Waals surface area contributed by atoms with Crippen LogP contribution in [0, 0.1) is 5.82 Å². The summed E-state index contributed by atoms with van der Waals surface area (Å²) in [6.45, 7) is 2.92. The third-order valence-electron chi connectivity index (χ3n) is 3.83. The Morgan fingerprint density at radius 3 is 2.33 bits per heavy atom. The summed E-state index contributed by atoms with van der Waals surface area (Å²) in [4.78, 5) is 2.26. The number of halogens is 1. The standard InChI is InChI=1S/C17H18FNO2/c18-14-7-5-13(6-8-14)17(19-9-11-21-12-10-19)15-3-1-2-4-16(15)20/h1-8,17,20H,9-12H2. The first-order chi connectivity index (χ1) is 10.3. The van der Waals surface area contributed by atoms with Gasteiger partial charge in [0.15, 0.2) is 0 Å². The van der Waals surface area contributed by atoms with E-state index in [1.807, 2.05) is 12.1 Å². The van der Waals surface area contributed by atoms with E-state index in [1.54, 1.807) is 24.3 Å². The Morgan fingerprint density at radius 1 is 1.00 bits per heavy atom. The number of ether oxygens (including phenoxy) is 1. The lowest BCUT2D eigenvalue weighted by Gasteiger charge is -2.35. The van der Waals surface area contributed by atoms with Crippen LogP contribution in [0.25, 0.3) is 0 Å².